The molecule has 3 rings (SSSR count). The Labute approximate surface area is 129 Å². The molecule has 2 fully saturated rings. The number of hydrogen-bond donors (Lipinski definition) is 1. The van der Waals surface area contributed by atoms with Crippen LogP contribution < -0.4 is 4.72 Å². The van der Waals surface area contributed by atoms with Gasteiger partial charge in [0.05, 0.1) is 30.4 Å². The molecule has 21 heavy (non-hydrogen) atoms. The van der Waals surface area contributed by atoms with E-state index >= 15 is 0 Å². The van der Waals surface area contributed by atoms with Gasteiger partial charge in [-0.25, -0.2) is 13.1 Å². The molecule has 3 unspecified atom stereocenters. The van der Waals surface area contributed by atoms with Crippen LogP contribution in [0.15, 0.2) is 29.2 Å². The summed E-state index contributed by atoms with van der Waals surface area (Å²) in [5.41, 5.74) is 0. The lowest BCUT2D eigenvalue weighted by molar-refractivity contribution is -0.156. The highest BCUT2D eigenvalue weighted by Crippen LogP contribution is 2.28. The highest BCUT2D eigenvalue weighted by Gasteiger charge is 2.36. The van der Waals surface area contributed by atoms with Gasteiger partial charge in [0.2, 0.25) is 10.0 Å². The van der Waals surface area contributed by atoms with Crippen LogP contribution >= 0.6 is 11.6 Å². The van der Waals surface area contributed by atoms with E-state index in [1.165, 1.54) is 6.07 Å². The van der Waals surface area contributed by atoms with Crippen molar-refractivity contribution >= 4 is 21.6 Å². The third kappa shape index (κ3) is 3.40. The zero-order valence-electron chi connectivity index (χ0n) is 11.5. The van der Waals surface area contributed by atoms with Gasteiger partial charge in [0.15, 0.2) is 0 Å². The van der Waals surface area contributed by atoms with Crippen molar-refractivity contribution in [2.45, 2.75) is 42.4 Å². The Bertz CT molecular complexity index is 607. The second-order valence-corrected chi connectivity index (χ2v) is 7.47. The summed E-state index contributed by atoms with van der Waals surface area (Å²) in [4.78, 5) is 0.120. The molecule has 1 aromatic rings. The summed E-state index contributed by atoms with van der Waals surface area (Å²) in [5.74, 6) is 0. The molecule has 1 aromatic carbocycles. The molecule has 0 bridgehead atoms. The first-order valence-electron chi connectivity index (χ1n) is 7.06. The standard InChI is InChI=1S/C14H18ClNO4S/c15-11-3-1-2-4-14(11)21(17,18)16-10-5-6-12-13(9-10)20-8-7-19-12/h1-4,10,12-13,16H,5-9H2. The van der Waals surface area contributed by atoms with Crippen molar-refractivity contribution in [3.05, 3.63) is 29.3 Å². The molecule has 3 atom stereocenters. The quantitative estimate of drug-likeness (QED) is 0.919. The Balaban J connectivity index is 1.70. The molecule has 1 aliphatic heterocycles. The minimum atomic E-state index is -3.61. The molecule has 1 N–H and O–H groups in total. The number of hydrogen-bond acceptors (Lipinski definition) is 4. The Hall–Kier alpha value is -0.660. The van der Waals surface area contributed by atoms with Gasteiger partial charge in [-0.15, -0.1) is 0 Å². The molecular weight excluding hydrogens is 314 g/mol. The molecule has 0 radical (unpaired) electrons. The first-order chi connectivity index (χ1) is 10.1. The summed E-state index contributed by atoms with van der Waals surface area (Å²) < 4.78 is 38.9. The monoisotopic (exact) mass is 331 g/mol. The molecule has 1 saturated heterocycles. The minimum absolute atomic E-state index is 0.0218. The van der Waals surface area contributed by atoms with Crippen LogP contribution in [0.5, 0.6) is 0 Å². The van der Waals surface area contributed by atoms with Crippen molar-refractivity contribution in [1.29, 1.82) is 0 Å². The fraction of sp³-hybridized carbons (Fsp3) is 0.571. The van der Waals surface area contributed by atoms with E-state index in [4.69, 9.17) is 21.1 Å². The van der Waals surface area contributed by atoms with Gasteiger partial charge >= 0.3 is 0 Å². The minimum Gasteiger partial charge on any atom is -0.373 e. The van der Waals surface area contributed by atoms with E-state index < -0.39 is 10.0 Å². The number of halogens is 1. The summed E-state index contributed by atoms with van der Waals surface area (Å²) >= 11 is 5.97. The molecular formula is C14H18ClNO4S. The molecule has 7 heteroatoms. The van der Waals surface area contributed by atoms with E-state index in [2.05, 4.69) is 4.72 Å². The lowest BCUT2D eigenvalue weighted by Crippen LogP contribution is -2.49. The SMILES string of the molecule is O=S(=O)(NC1CCC2OCCOC2C1)c1ccccc1Cl. The molecule has 1 heterocycles. The lowest BCUT2D eigenvalue weighted by Gasteiger charge is -2.38. The molecule has 1 saturated carbocycles. The van der Waals surface area contributed by atoms with Gasteiger partial charge in [0, 0.05) is 6.04 Å². The highest BCUT2D eigenvalue weighted by molar-refractivity contribution is 7.89. The van der Waals surface area contributed by atoms with Gasteiger partial charge in [-0.1, -0.05) is 23.7 Å². The molecule has 5 nitrogen and oxygen atoms in total. The van der Waals surface area contributed by atoms with E-state index in [1.54, 1.807) is 18.2 Å². The van der Waals surface area contributed by atoms with Crippen molar-refractivity contribution < 1.29 is 17.9 Å². The molecule has 0 aromatic heterocycles. The van der Waals surface area contributed by atoms with Gasteiger partial charge in [-0.2, -0.15) is 0 Å². The van der Waals surface area contributed by atoms with E-state index in [9.17, 15) is 8.42 Å². The summed E-state index contributed by atoms with van der Waals surface area (Å²) in [6, 6.07) is 6.31. The maximum Gasteiger partial charge on any atom is 0.242 e. The van der Waals surface area contributed by atoms with Crippen LogP contribution in [0, 0.1) is 0 Å². The van der Waals surface area contributed by atoms with Gasteiger partial charge in [0.1, 0.15) is 4.90 Å². The van der Waals surface area contributed by atoms with E-state index in [0.29, 0.717) is 19.6 Å². The predicted molar refractivity (Wildman–Crippen MR) is 78.9 cm³/mol. The number of benzene rings is 1. The van der Waals surface area contributed by atoms with Crippen LogP contribution in [0.25, 0.3) is 0 Å². The molecule has 116 valence electrons. The average Bonchev–Trinajstić information content (AvgIpc) is 2.47. The fourth-order valence-corrected chi connectivity index (χ4v) is 4.72. The maximum absolute atomic E-state index is 12.4. The number of ether oxygens (including phenoxy) is 2. The number of sulfonamides is 1. The predicted octanol–water partition coefficient (Wildman–Crippen LogP) is 1.95. The number of nitrogens with one attached hydrogen (secondary N) is 1. The van der Waals surface area contributed by atoms with E-state index in [-0.39, 0.29) is 28.2 Å². The van der Waals surface area contributed by atoms with Crippen LogP contribution in [-0.2, 0) is 19.5 Å². The number of fused-ring (bicyclic) bond motifs is 1. The van der Waals surface area contributed by atoms with Crippen LogP contribution in [-0.4, -0.2) is 39.9 Å². The van der Waals surface area contributed by atoms with Crippen molar-refractivity contribution in [1.82, 2.24) is 4.72 Å². The summed E-state index contributed by atoms with van der Waals surface area (Å²) in [5, 5.41) is 0.232. The molecule has 1 aliphatic carbocycles. The van der Waals surface area contributed by atoms with Crippen LogP contribution in [0.3, 0.4) is 0 Å². The van der Waals surface area contributed by atoms with Gasteiger partial charge in [0.25, 0.3) is 0 Å². The molecule has 2 aliphatic rings. The molecule has 0 amide bonds. The second kappa shape index (κ2) is 6.22. The Morgan fingerprint density at radius 3 is 2.57 bits per heavy atom. The van der Waals surface area contributed by atoms with Crippen molar-refractivity contribution in [3.63, 3.8) is 0 Å². The molecule has 0 spiro atoms. The van der Waals surface area contributed by atoms with Crippen molar-refractivity contribution in [2.24, 2.45) is 0 Å². The van der Waals surface area contributed by atoms with Gasteiger partial charge in [-0.3, -0.25) is 0 Å². The first kappa shape index (κ1) is 15.2. The highest BCUT2D eigenvalue weighted by atomic mass is 35.5. The second-order valence-electron chi connectivity index (χ2n) is 5.38. The first-order valence-corrected chi connectivity index (χ1v) is 8.92. The van der Waals surface area contributed by atoms with Crippen LogP contribution in [0.4, 0.5) is 0 Å². The van der Waals surface area contributed by atoms with E-state index in [0.717, 1.165) is 12.8 Å². The lowest BCUT2D eigenvalue weighted by atomic mass is 9.90. The largest absolute Gasteiger partial charge is 0.373 e. The van der Waals surface area contributed by atoms with Gasteiger partial charge in [-0.05, 0) is 31.4 Å². The van der Waals surface area contributed by atoms with Gasteiger partial charge < -0.3 is 9.47 Å². The zero-order valence-corrected chi connectivity index (χ0v) is 13.1. The third-order valence-corrected chi connectivity index (χ3v) is 5.95. The Morgan fingerprint density at radius 1 is 1.10 bits per heavy atom. The Morgan fingerprint density at radius 2 is 1.81 bits per heavy atom. The zero-order chi connectivity index (χ0) is 14.9. The van der Waals surface area contributed by atoms with E-state index in [1.807, 2.05) is 0 Å². The summed E-state index contributed by atoms with van der Waals surface area (Å²) in [6.07, 6.45) is 2.26. The normalized spacial score (nSPS) is 29.9. The third-order valence-electron chi connectivity index (χ3n) is 3.93. The van der Waals surface area contributed by atoms with Crippen LogP contribution in [0.2, 0.25) is 5.02 Å². The Kier molecular flexibility index (Phi) is 4.51. The summed E-state index contributed by atoms with van der Waals surface area (Å²) in [7, 11) is -3.61. The summed E-state index contributed by atoms with van der Waals surface area (Å²) in [6.45, 7) is 1.20. The number of rotatable bonds is 3. The topological polar surface area (TPSA) is 64.6 Å². The maximum atomic E-state index is 12.4. The smallest absolute Gasteiger partial charge is 0.242 e. The fourth-order valence-electron chi connectivity index (χ4n) is 2.92. The van der Waals surface area contributed by atoms with Crippen molar-refractivity contribution in [3.8, 4) is 0 Å². The average molecular weight is 332 g/mol. The van der Waals surface area contributed by atoms with Crippen LogP contribution in [0.1, 0.15) is 19.3 Å². The van der Waals surface area contributed by atoms with Crippen molar-refractivity contribution in [2.75, 3.05) is 13.2 Å².